The predicted octanol–water partition coefficient (Wildman–Crippen LogP) is 5.89. The van der Waals surface area contributed by atoms with Gasteiger partial charge in [0.15, 0.2) is 0 Å². The third-order valence-electron chi connectivity index (χ3n) is 4.62. The molecule has 6 heteroatoms. The van der Waals surface area contributed by atoms with E-state index in [-0.39, 0.29) is 11.5 Å². The van der Waals surface area contributed by atoms with Crippen LogP contribution in [-0.2, 0) is 0 Å². The average molecular weight is 419 g/mol. The number of halogens is 1. The number of rotatable bonds is 4. The summed E-state index contributed by atoms with van der Waals surface area (Å²) in [5, 5.41) is 4.35. The van der Waals surface area contributed by atoms with Gasteiger partial charge in [-0.25, -0.2) is 4.99 Å². The van der Waals surface area contributed by atoms with E-state index in [1.165, 1.54) is 0 Å². The number of para-hydroxylation sites is 1. The number of hydrogen-bond donors (Lipinski definition) is 1. The zero-order valence-corrected chi connectivity index (χ0v) is 17.2. The van der Waals surface area contributed by atoms with Gasteiger partial charge in [0.2, 0.25) is 5.55 Å². The van der Waals surface area contributed by atoms with Crippen LogP contribution in [0.3, 0.4) is 0 Å². The Morgan fingerprint density at radius 1 is 1.03 bits per heavy atom. The Morgan fingerprint density at radius 2 is 1.80 bits per heavy atom. The Morgan fingerprint density at radius 3 is 2.53 bits per heavy atom. The normalized spacial score (nSPS) is 11.5. The minimum atomic E-state index is -0.320. The van der Waals surface area contributed by atoms with Crippen molar-refractivity contribution < 1.29 is 13.9 Å². The van der Waals surface area contributed by atoms with E-state index in [0.29, 0.717) is 33.3 Å². The second kappa shape index (κ2) is 8.43. The van der Waals surface area contributed by atoms with E-state index in [1.807, 2.05) is 37.3 Å². The molecule has 3 aromatic carbocycles. The molecule has 5 nitrogen and oxygen atoms in total. The fourth-order valence-electron chi connectivity index (χ4n) is 3.00. The summed E-state index contributed by atoms with van der Waals surface area (Å²) < 4.78 is 11.1. The van der Waals surface area contributed by atoms with Crippen molar-refractivity contribution in [3.8, 4) is 5.75 Å². The number of fused-ring (bicyclic) bond motifs is 1. The average Bonchev–Trinajstić information content (AvgIpc) is 2.76. The number of anilines is 1. The second-order valence-corrected chi connectivity index (χ2v) is 7.14. The van der Waals surface area contributed by atoms with Crippen LogP contribution in [0.5, 0.6) is 5.75 Å². The van der Waals surface area contributed by atoms with Crippen molar-refractivity contribution in [3.63, 3.8) is 0 Å². The van der Waals surface area contributed by atoms with E-state index in [2.05, 4.69) is 10.3 Å². The molecule has 0 atom stereocenters. The molecule has 0 fully saturated rings. The van der Waals surface area contributed by atoms with Crippen LogP contribution in [0.15, 0.2) is 82.2 Å². The summed E-state index contributed by atoms with van der Waals surface area (Å²) in [6.45, 7) is 1.90. The van der Waals surface area contributed by atoms with Crippen molar-refractivity contribution in [2.24, 2.45) is 4.99 Å². The summed E-state index contributed by atoms with van der Waals surface area (Å²) in [5.41, 5.74) is 3.38. The predicted molar refractivity (Wildman–Crippen MR) is 119 cm³/mol. The Bertz CT molecular complexity index is 1290. The molecule has 0 radical (unpaired) electrons. The maximum absolute atomic E-state index is 13.1. The molecule has 0 aliphatic rings. The number of benzene rings is 3. The molecule has 1 heterocycles. The molecular weight excluding hydrogens is 400 g/mol. The molecule has 1 aromatic heterocycles. The lowest BCUT2D eigenvalue weighted by molar-refractivity contribution is 0.102. The second-order valence-electron chi connectivity index (χ2n) is 6.73. The van der Waals surface area contributed by atoms with Gasteiger partial charge >= 0.3 is 0 Å². The Kier molecular flexibility index (Phi) is 5.55. The third kappa shape index (κ3) is 4.21. The van der Waals surface area contributed by atoms with Crippen LogP contribution in [0, 0.1) is 6.92 Å². The van der Waals surface area contributed by atoms with Crippen LogP contribution in [0.2, 0.25) is 5.02 Å². The smallest absolute Gasteiger partial charge is 0.261 e. The summed E-state index contributed by atoms with van der Waals surface area (Å²) in [5.74, 6) is 0.390. The molecule has 0 saturated heterocycles. The van der Waals surface area contributed by atoms with Crippen LogP contribution in [0.25, 0.3) is 11.0 Å². The molecule has 0 spiro atoms. The van der Waals surface area contributed by atoms with Gasteiger partial charge < -0.3 is 14.5 Å². The summed E-state index contributed by atoms with van der Waals surface area (Å²) in [6, 6.07) is 21.8. The first kappa shape index (κ1) is 19.7. The minimum Gasteiger partial charge on any atom is -0.497 e. The summed E-state index contributed by atoms with van der Waals surface area (Å²) in [7, 11) is 1.59. The van der Waals surface area contributed by atoms with E-state index in [1.54, 1.807) is 49.6 Å². The fourth-order valence-corrected chi connectivity index (χ4v) is 3.12. The first-order valence-electron chi connectivity index (χ1n) is 9.33. The van der Waals surface area contributed by atoms with Gasteiger partial charge in [-0.15, -0.1) is 0 Å². The van der Waals surface area contributed by atoms with Crippen LogP contribution in [-0.4, -0.2) is 13.0 Å². The highest BCUT2D eigenvalue weighted by Gasteiger charge is 2.13. The van der Waals surface area contributed by atoms with E-state index in [4.69, 9.17) is 20.8 Å². The van der Waals surface area contributed by atoms with Gasteiger partial charge in [0, 0.05) is 16.1 Å². The molecule has 0 aliphatic heterocycles. The topological polar surface area (TPSA) is 63.8 Å². The van der Waals surface area contributed by atoms with Crippen LogP contribution in [0.1, 0.15) is 15.9 Å². The fraction of sp³-hybridized carbons (Fsp3) is 0.0833. The van der Waals surface area contributed by atoms with Crippen molar-refractivity contribution in [1.82, 2.24) is 0 Å². The number of methoxy groups -OCH3 is 1. The summed E-state index contributed by atoms with van der Waals surface area (Å²) in [6.07, 6.45) is 0. The largest absolute Gasteiger partial charge is 0.497 e. The van der Waals surface area contributed by atoms with Gasteiger partial charge in [-0.05, 0) is 67.1 Å². The molecule has 150 valence electrons. The molecule has 0 aliphatic carbocycles. The zero-order valence-electron chi connectivity index (χ0n) is 16.5. The van der Waals surface area contributed by atoms with Gasteiger partial charge in [-0.2, -0.15) is 0 Å². The van der Waals surface area contributed by atoms with Crippen LogP contribution in [0.4, 0.5) is 11.4 Å². The maximum Gasteiger partial charge on any atom is 0.261 e. The van der Waals surface area contributed by atoms with Gasteiger partial charge in [-0.1, -0.05) is 29.8 Å². The third-order valence-corrected chi connectivity index (χ3v) is 5.04. The number of nitrogens with zero attached hydrogens (tertiary/aromatic N) is 1. The number of amides is 1. The van der Waals surface area contributed by atoms with Crippen molar-refractivity contribution in [1.29, 1.82) is 0 Å². The molecule has 1 amide bonds. The van der Waals surface area contributed by atoms with Crippen LogP contribution >= 0.6 is 11.6 Å². The first-order chi connectivity index (χ1) is 14.5. The van der Waals surface area contributed by atoms with Crippen LogP contribution < -0.4 is 15.6 Å². The molecule has 0 unspecified atom stereocenters. The Balaban J connectivity index is 1.80. The standard InChI is InChI=1S/C24H19ClN2O3/c1-15-13-18(9-12-21(15)25)27-24-20(14-16-5-3-4-6-22(16)30-24)23(28)26-17-7-10-19(29-2)11-8-17/h3-14H,1-2H3,(H,26,28). The molecule has 30 heavy (non-hydrogen) atoms. The molecular formula is C24H19ClN2O3. The quantitative estimate of drug-likeness (QED) is 0.449. The lowest BCUT2D eigenvalue weighted by atomic mass is 10.1. The molecule has 0 saturated carbocycles. The highest BCUT2D eigenvalue weighted by atomic mass is 35.5. The minimum absolute atomic E-state index is 0.224. The van der Waals surface area contributed by atoms with Crippen molar-refractivity contribution in [3.05, 3.63) is 94.5 Å². The van der Waals surface area contributed by atoms with E-state index < -0.39 is 0 Å². The molecule has 0 bridgehead atoms. The number of carbonyl (C=O) groups is 1. The Hall–Kier alpha value is -3.57. The molecule has 4 aromatic rings. The van der Waals surface area contributed by atoms with Crippen molar-refractivity contribution in [2.45, 2.75) is 6.92 Å². The van der Waals surface area contributed by atoms with Gasteiger partial charge in [0.1, 0.15) is 16.9 Å². The molecule has 1 N–H and O–H groups in total. The lowest BCUT2D eigenvalue weighted by Crippen LogP contribution is -2.21. The maximum atomic E-state index is 13.1. The Labute approximate surface area is 178 Å². The van der Waals surface area contributed by atoms with Crippen molar-refractivity contribution in [2.75, 3.05) is 12.4 Å². The SMILES string of the molecule is COc1ccc(NC(=O)c2cc3ccccc3oc2=Nc2ccc(Cl)c(C)c2)cc1. The summed E-state index contributed by atoms with van der Waals surface area (Å²) >= 11 is 6.12. The number of nitrogens with one attached hydrogen (secondary N) is 1. The zero-order chi connectivity index (χ0) is 21.1. The van der Waals surface area contributed by atoms with Gasteiger partial charge in [0.05, 0.1) is 12.8 Å². The molecule has 4 rings (SSSR count). The highest BCUT2D eigenvalue weighted by molar-refractivity contribution is 6.31. The van der Waals surface area contributed by atoms with Gasteiger partial charge in [-0.3, -0.25) is 4.79 Å². The monoisotopic (exact) mass is 418 g/mol. The number of carbonyl (C=O) groups excluding carboxylic acids is 1. The number of aryl methyl sites for hydroxylation is 1. The van der Waals surface area contributed by atoms with E-state index in [9.17, 15) is 4.79 Å². The lowest BCUT2D eigenvalue weighted by Gasteiger charge is -2.08. The van der Waals surface area contributed by atoms with E-state index >= 15 is 0 Å². The first-order valence-corrected chi connectivity index (χ1v) is 9.70. The van der Waals surface area contributed by atoms with Gasteiger partial charge in [0.25, 0.3) is 5.91 Å². The number of ether oxygens (including phenoxy) is 1. The number of hydrogen-bond acceptors (Lipinski definition) is 4. The highest BCUT2D eigenvalue weighted by Crippen LogP contribution is 2.22. The van der Waals surface area contributed by atoms with Crippen molar-refractivity contribution >= 4 is 39.9 Å². The van der Waals surface area contributed by atoms with E-state index in [0.717, 1.165) is 10.9 Å². The summed E-state index contributed by atoms with van der Waals surface area (Å²) in [4.78, 5) is 17.6.